The number of aldehydes is 1. The van der Waals surface area contributed by atoms with Gasteiger partial charge in [0.2, 0.25) is 0 Å². The van der Waals surface area contributed by atoms with Gasteiger partial charge in [0, 0.05) is 0 Å². The standard InChI is InChI=1S/C15H18O2/c16-3-1-2-14(17)9-15-12-5-10-4-11(7-12)8-13(15)6-10/h1-3,9-13H,4-8H2/b2-1+,15-9?. The van der Waals surface area contributed by atoms with Crippen LogP contribution in [0.4, 0.5) is 0 Å². The van der Waals surface area contributed by atoms with E-state index in [9.17, 15) is 9.59 Å². The van der Waals surface area contributed by atoms with Crippen LogP contribution in [0.1, 0.15) is 32.1 Å². The SMILES string of the molecule is O=C/C=C/C(=O)C=C1C2CC3CC(C2)CC1C3. The summed E-state index contributed by atoms with van der Waals surface area (Å²) in [6, 6.07) is 0. The number of allylic oxidation sites excluding steroid dienone is 4. The second-order valence-electron chi connectivity index (χ2n) is 5.85. The molecule has 4 fully saturated rings. The highest BCUT2D eigenvalue weighted by Gasteiger charge is 2.44. The van der Waals surface area contributed by atoms with Crippen molar-refractivity contribution in [3.8, 4) is 0 Å². The van der Waals surface area contributed by atoms with Crippen LogP contribution in [0.3, 0.4) is 0 Å². The van der Waals surface area contributed by atoms with Gasteiger partial charge in [0.15, 0.2) is 5.78 Å². The molecule has 0 spiro atoms. The molecule has 0 heterocycles. The van der Waals surface area contributed by atoms with Gasteiger partial charge in [-0.05, 0) is 74.0 Å². The number of rotatable bonds is 3. The highest BCUT2D eigenvalue weighted by atomic mass is 16.1. The van der Waals surface area contributed by atoms with Gasteiger partial charge in [0.1, 0.15) is 6.29 Å². The highest BCUT2D eigenvalue weighted by molar-refractivity contribution is 6.01. The molecular formula is C15H18O2. The molecule has 2 heteroatoms. The molecule has 0 N–H and O–H groups in total. The van der Waals surface area contributed by atoms with Crippen LogP contribution in [-0.4, -0.2) is 12.1 Å². The van der Waals surface area contributed by atoms with Crippen molar-refractivity contribution in [3.05, 3.63) is 23.8 Å². The van der Waals surface area contributed by atoms with Crippen LogP contribution in [0.2, 0.25) is 0 Å². The summed E-state index contributed by atoms with van der Waals surface area (Å²) in [6.45, 7) is 0. The van der Waals surface area contributed by atoms with Gasteiger partial charge in [0.25, 0.3) is 0 Å². The Morgan fingerprint density at radius 3 is 2.12 bits per heavy atom. The van der Waals surface area contributed by atoms with E-state index in [1.54, 1.807) is 0 Å². The van der Waals surface area contributed by atoms with Crippen molar-refractivity contribution in [2.75, 3.05) is 0 Å². The Morgan fingerprint density at radius 1 is 1.00 bits per heavy atom. The summed E-state index contributed by atoms with van der Waals surface area (Å²) in [7, 11) is 0. The van der Waals surface area contributed by atoms with Crippen LogP contribution >= 0.6 is 0 Å². The second-order valence-corrected chi connectivity index (χ2v) is 5.85. The lowest BCUT2D eigenvalue weighted by Gasteiger charge is -2.51. The zero-order chi connectivity index (χ0) is 11.8. The van der Waals surface area contributed by atoms with Crippen LogP contribution in [0.5, 0.6) is 0 Å². The maximum atomic E-state index is 11.7. The number of carbonyl (C=O) groups excluding carboxylic acids is 2. The topological polar surface area (TPSA) is 34.1 Å². The molecule has 0 saturated heterocycles. The monoisotopic (exact) mass is 230 g/mol. The Morgan fingerprint density at radius 2 is 1.59 bits per heavy atom. The first-order valence-corrected chi connectivity index (χ1v) is 6.63. The molecule has 4 rings (SSSR count). The molecule has 4 bridgehead atoms. The van der Waals surface area contributed by atoms with Gasteiger partial charge in [-0.25, -0.2) is 0 Å². The van der Waals surface area contributed by atoms with E-state index in [1.165, 1.54) is 49.8 Å². The lowest BCUT2D eigenvalue weighted by molar-refractivity contribution is -0.111. The Hall–Kier alpha value is -1.18. The molecule has 0 amide bonds. The molecule has 0 radical (unpaired) electrons. The normalized spacial score (nSPS) is 38.7. The molecule has 0 unspecified atom stereocenters. The maximum absolute atomic E-state index is 11.7. The van der Waals surface area contributed by atoms with Crippen molar-refractivity contribution in [1.29, 1.82) is 0 Å². The summed E-state index contributed by atoms with van der Waals surface area (Å²) in [5.41, 5.74) is 1.39. The zero-order valence-electron chi connectivity index (χ0n) is 9.97. The lowest BCUT2D eigenvalue weighted by Crippen LogP contribution is -2.40. The summed E-state index contributed by atoms with van der Waals surface area (Å²) in [4.78, 5) is 21.9. The first-order chi connectivity index (χ1) is 8.26. The fourth-order valence-corrected chi connectivity index (χ4v) is 4.31. The molecule has 4 saturated carbocycles. The van der Waals surface area contributed by atoms with Gasteiger partial charge in [-0.1, -0.05) is 5.57 Å². The van der Waals surface area contributed by atoms with Gasteiger partial charge in [0.05, 0.1) is 0 Å². The Labute approximate surface area is 102 Å². The quantitative estimate of drug-likeness (QED) is 0.552. The Bertz CT molecular complexity index is 373. The fraction of sp³-hybridized carbons (Fsp3) is 0.600. The average Bonchev–Trinajstić information content (AvgIpc) is 2.30. The predicted octanol–water partition coefficient (Wildman–Crippen LogP) is 2.69. The second kappa shape index (κ2) is 4.25. The van der Waals surface area contributed by atoms with E-state index < -0.39 is 0 Å². The largest absolute Gasteiger partial charge is 0.299 e. The molecule has 0 atom stereocenters. The third kappa shape index (κ3) is 2.01. The molecule has 0 aromatic heterocycles. The van der Waals surface area contributed by atoms with Crippen LogP contribution in [0.15, 0.2) is 23.8 Å². The lowest BCUT2D eigenvalue weighted by atomic mass is 9.54. The number of ketones is 1. The van der Waals surface area contributed by atoms with Gasteiger partial charge >= 0.3 is 0 Å². The van der Waals surface area contributed by atoms with E-state index >= 15 is 0 Å². The van der Waals surface area contributed by atoms with E-state index in [1.807, 2.05) is 6.08 Å². The molecule has 4 aliphatic carbocycles. The molecule has 90 valence electrons. The van der Waals surface area contributed by atoms with Crippen LogP contribution in [0, 0.1) is 23.7 Å². The highest BCUT2D eigenvalue weighted by Crippen LogP contribution is 2.56. The summed E-state index contributed by atoms with van der Waals surface area (Å²) in [5.74, 6) is 3.17. The van der Waals surface area contributed by atoms with Crippen LogP contribution in [-0.2, 0) is 9.59 Å². The zero-order valence-corrected chi connectivity index (χ0v) is 9.97. The van der Waals surface area contributed by atoms with Crippen LogP contribution in [0.25, 0.3) is 0 Å². The number of hydrogen-bond acceptors (Lipinski definition) is 2. The van der Waals surface area contributed by atoms with Gasteiger partial charge in [-0.2, -0.15) is 0 Å². The third-order valence-corrected chi connectivity index (χ3v) is 4.73. The summed E-state index contributed by atoms with van der Waals surface area (Å²) in [5, 5.41) is 0. The minimum Gasteiger partial charge on any atom is -0.299 e. The van der Waals surface area contributed by atoms with Crippen molar-refractivity contribution in [2.45, 2.75) is 32.1 Å². The minimum absolute atomic E-state index is 0.0143. The van der Waals surface area contributed by atoms with E-state index in [0.717, 1.165) is 11.8 Å². The maximum Gasteiger partial charge on any atom is 0.178 e. The summed E-state index contributed by atoms with van der Waals surface area (Å²) in [6.07, 6.45) is 11.8. The minimum atomic E-state index is -0.0143. The third-order valence-electron chi connectivity index (χ3n) is 4.73. The van der Waals surface area contributed by atoms with E-state index in [-0.39, 0.29) is 5.78 Å². The van der Waals surface area contributed by atoms with Gasteiger partial charge < -0.3 is 0 Å². The number of carbonyl (C=O) groups is 2. The molecular weight excluding hydrogens is 212 g/mol. The summed E-state index contributed by atoms with van der Waals surface area (Å²) >= 11 is 0. The smallest absolute Gasteiger partial charge is 0.178 e. The molecule has 4 aliphatic rings. The number of hydrogen-bond donors (Lipinski definition) is 0. The van der Waals surface area contributed by atoms with Gasteiger partial charge in [-0.3, -0.25) is 9.59 Å². The Balaban J connectivity index is 1.79. The first kappa shape index (κ1) is 10.9. The van der Waals surface area contributed by atoms with Crippen molar-refractivity contribution in [2.24, 2.45) is 23.7 Å². The van der Waals surface area contributed by atoms with Crippen LogP contribution < -0.4 is 0 Å². The molecule has 0 aromatic carbocycles. The van der Waals surface area contributed by atoms with Crippen molar-refractivity contribution >= 4 is 12.1 Å². The van der Waals surface area contributed by atoms with Crippen molar-refractivity contribution < 1.29 is 9.59 Å². The molecule has 0 aliphatic heterocycles. The first-order valence-electron chi connectivity index (χ1n) is 6.63. The average molecular weight is 230 g/mol. The van der Waals surface area contributed by atoms with Crippen molar-refractivity contribution in [3.63, 3.8) is 0 Å². The predicted molar refractivity (Wildman–Crippen MR) is 65.3 cm³/mol. The van der Waals surface area contributed by atoms with E-state index in [0.29, 0.717) is 18.1 Å². The van der Waals surface area contributed by atoms with E-state index in [2.05, 4.69) is 0 Å². The van der Waals surface area contributed by atoms with E-state index in [4.69, 9.17) is 0 Å². The van der Waals surface area contributed by atoms with Crippen molar-refractivity contribution in [1.82, 2.24) is 0 Å². The van der Waals surface area contributed by atoms with Gasteiger partial charge in [-0.15, -0.1) is 0 Å². The Kier molecular flexibility index (Phi) is 2.73. The summed E-state index contributed by atoms with van der Waals surface area (Å²) < 4.78 is 0. The molecule has 0 aromatic rings. The fourth-order valence-electron chi connectivity index (χ4n) is 4.31. The molecule has 2 nitrogen and oxygen atoms in total. The molecule has 17 heavy (non-hydrogen) atoms.